The fourth-order valence-electron chi connectivity index (χ4n) is 1.21. The van der Waals surface area contributed by atoms with Crippen molar-refractivity contribution in [3.8, 4) is 0 Å². The number of aryl methyl sites for hydroxylation is 1. The van der Waals surface area contributed by atoms with Gasteiger partial charge in [-0.05, 0) is 12.8 Å². The summed E-state index contributed by atoms with van der Waals surface area (Å²) >= 11 is 0. The van der Waals surface area contributed by atoms with E-state index in [1.165, 1.54) is 5.69 Å². The molecule has 1 aliphatic carbocycles. The van der Waals surface area contributed by atoms with E-state index in [9.17, 15) is 0 Å². The van der Waals surface area contributed by atoms with Gasteiger partial charge in [-0.3, -0.25) is 5.10 Å². The molecule has 3 nitrogen and oxygen atoms in total. The van der Waals surface area contributed by atoms with E-state index in [-0.39, 0.29) is 12.4 Å². The number of nitrogens with one attached hydrogen (secondary N) is 1. The molecule has 3 N–H and O–H groups in total. The van der Waals surface area contributed by atoms with Crippen LogP contribution in [0.1, 0.15) is 17.7 Å². The summed E-state index contributed by atoms with van der Waals surface area (Å²) in [5.41, 5.74) is 7.81. The van der Waals surface area contributed by atoms with Crippen molar-refractivity contribution >= 4 is 24.3 Å². The first kappa shape index (κ1) is 8.14. The number of nitrogens with zero attached hydrogens (tertiary/aromatic N) is 1. The molecule has 0 radical (unpaired) electrons. The third kappa shape index (κ3) is 1.24. The van der Waals surface area contributed by atoms with E-state index in [4.69, 9.17) is 5.73 Å². The molecule has 0 aromatic carbocycles. The van der Waals surface area contributed by atoms with Gasteiger partial charge in [-0.15, -0.1) is 12.4 Å². The molecule has 1 heterocycles. The van der Waals surface area contributed by atoms with E-state index in [1.54, 1.807) is 0 Å². The van der Waals surface area contributed by atoms with Crippen molar-refractivity contribution in [2.24, 2.45) is 0 Å². The first-order valence-corrected chi connectivity index (χ1v) is 3.37. The fourth-order valence-corrected chi connectivity index (χ4v) is 1.21. The summed E-state index contributed by atoms with van der Waals surface area (Å²) in [4.78, 5) is 0. The Morgan fingerprint density at radius 3 is 3.09 bits per heavy atom. The lowest BCUT2D eigenvalue weighted by atomic mass is 10.1. The fraction of sp³-hybridized carbons (Fsp3) is 0.286. The highest BCUT2D eigenvalue weighted by Gasteiger charge is 2.09. The molecule has 4 heteroatoms. The molecule has 0 saturated carbocycles. The van der Waals surface area contributed by atoms with Crippen LogP contribution >= 0.6 is 12.4 Å². The molecule has 1 aliphatic rings. The van der Waals surface area contributed by atoms with Gasteiger partial charge >= 0.3 is 0 Å². The number of halogens is 1. The number of hydrogen-bond donors (Lipinski definition) is 2. The maximum Gasteiger partial charge on any atom is 0.152 e. The standard InChI is InChI=1S/C7H9N3.ClH/c8-7-5-3-1-2-4-6(5)9-10-7;/h1,3H,2,4H2,(H3,8,9,10);1H. The number of hydrogen-bond acceptors (Lipinski definition) is 2. The Morgan fingerprint density at radius 1 is 1.55 bits per heavy atom. The Balaban J connectivity index is 0.000000605. The number of aromatic nitrogens is 2. The van der Waals surface area contributed by atoms with Crippen molar-refractivity contribution in [2.45, 2.75) is 12.8 Å². The lowest BCUT2D eigenvalue weighted by molar-refractivity contribution is 0.908. The molecule has 0 atom stereocenters. The zero-order valence-electron chi connectivity index (χ0n) is 6.00. The average molecular weight is 172 g/mol. The van der Waals surface area contributed by atoms with Crippen molar-refractivity contribution in [1.29, 1.82) is 0 Å². The van der Waals surface area contributed by atoms with Crippen molar-refractivity contribution in [3.05, 3.63) is 17.3 Å². The van der Waals surface area contributed by atoms with Gasteiger partial charge in [0.05, 0.1) is 0 Å². The molecule has 0 saturated heterocycles. The summed E-state index contributed by atoms with van der Waals surface area (Å²) in [5.74, 6) is 0.617. The van der Waals surface area contributed by atoms with Gasteiger partial charge in [-0.1, -0.05) is 12.2 Å². The summed E-state index contributed by atoms with van der Waals surface area (Å²) in [6.45, 7) is 0. The van der Waals surface area contributed by atoms with Crippen LogP contribution in [0.5, 0.6) is 0 Å². The van der Waals surface area contributed by atoms with Gasteiger partial charge in [0.25, 0.3) is 0 Å². The zero-order valence-corrected chi connectivity index (χ0v) is 6.82. The van der Waals surface area contributed by atoms with E-state index in [0.29, 0.717) is 5.82 Å². The van der Waals surface area contributed by atoms with Gasteiger partial charge in [-0.2, -0.15) is 5.10 Å². The minimum absolute atomic E-state index is 0. The first-order valence-electron chi connectivity index (χ1n) is 3.37. The lowest BCUT2D eigenvalue weighted by Gasteiger charge is -2.01. The Hall–Kier alpha value is -0.960. The predicted molar refractivity (Wildman–Crippen MR) is 47.6 cm³/mol. The first-order chi connectivity index (χ1) is 4.88. The minimum Gasteiger partial charge on any atom is -0.382 e. The number of rotatable bonds is 0. The second kappa shape index (κ2) is 2.96. The quantitative estimate of drug-likeness (QED) is 0.620. The Kier molecular flexibility index (Phi) is 2.19. The Bertz CT molecular complexity index is 277. The van der Waals surface area contributed by atoms with E-state index in [0.717, 1.165) is 18.4 Å². The largest absolute Gasteiger partial charge is 0.382 e. The number of aromatic amines is 1. The molecule has 0 spiro atoms. The molecule has 0 unspecified atom stereocenters. The molecule has 0 amide bonds. The van der Waals surface area contributed by atoms with Crippen molar-refractivity contribution in [3.63, 3.8) is 0 Å². The van der Waals surface area contributed by atoms with Gasteiger partial charge in [0.15, 0.2) is 5.82 Å². The average Bonchev–Trinajstić information content (AvgIpc) is 2.34. The van der Waals surface area contributed by atoms with Gasteiger partial charge < -0.3 is 5.73 Å². The number of nitrogens with two attached hydrogens (primary N) is 1. The Labute approximate surface area is 71.1 Å². The van der Waals surface area contributed by atoms with Gasteiger partial charge in [0, 0.05) is 11.3 Å². The molecule has 2 rings (SSSR count). The third-order valence-electron chi connectivity index (χ3n) is 1.76. The summed E-state index contributed by atoms with van der Waals surface area (Å²) < 4.78 is 0. The minimum atomic E-state index is 0. The van der Waals surface area contributed by atoms with Crippen LogP contribution in [0.2, 0.25) is 0 Å². The number of anilines is 1. The highest BCUT2D eigenvalue weighted by Crippen LogP contribution is 2.20. The molecular weight excluding hydrogens is 162 g/mol. The summed E-state index contributed by atoms with van der Waals surface area (Å²) in [6.07, 6.45) is 6.27. The van der Waals surface area contributed by atoms with E-state index in [1.807, 2.05) is 6.08 Å². The predicted octanol–water partition coefficient (Wildman–Crippen LogP) is 1.37. The van der Waals surface area contributed by atoms with Gasteiger partial charge in [0.2, 0.25) is 0 Å². The Morgan fingerprint density at radius 2 is 2.36 bits per heavy atom. The maximum absolute atomic E-state index is 5.57. The van der Waals surface area contributed by atoms with Crippen LogP contribution in [0.25, 0.3) is 6.08 Å². The normalized spacial score (nSPS) is 13.8. The van der Waals surface area contributed by atoms with Crippen LogP contribution in [-0.4, -0.2) is 10.2 Å². The van der Waals surface area contributed by atoms with E-state index in [2.05, 4.69) is 16.3 Å². The number of nitrogen functional groups attached to an aromatic ring is 1. The maximum atomic E-state index is 5.57. The van der Waals surface area contributed by atoms with Crippen LogP contribution < -0.4 is 5.73 Å². The highest BCUT2D eigenvalue weighted by molar-refractivity contribution is 5.85. The number of allylic oxidation sites excluding steroid dienone is 1. The molecular formula is C7H10ClN3. The topological polar surface area (TPSA) is 54.7 Å². The summed E-state index contributed by atoms with van der Waals surface area (Å²) in [7, 11) is 0. The van der Waals surface area contributed by atoms with Gasteiger partial charge in [0.1, 0.15) is 0 Å². The van der Waals surface area contributed by atoms with Crippen LogP contribution in [0, 0.1) is 0 Å². The molecule has 11 heavy (non-hydrogen) atoms. The smallest absolute Gasteiger partial charge is 0.152 e. The van der Waals surface area contributed by atoms with E-state index >= 15 is 0 Å². The monoisotopic (exact) mass is 171 g/mol. The van der Waals surface area contributed by atoms with Crippen molar-refractivity contribution in [2.75, 3.05) is 5.73 Å². The van der Waals surface area contributed by atoms with Crippen LogP contribution in [0.3, 0.4) is 0 Å². The lowest BCUT2D eigenvalue weighted by Crippen LogP contribution is -1.93. The van der Waals surface area contributed by atoms with Crippen LogP contribution in [0.15, 0.2) is 6.08 Å². The SMILES string of the molecule is Cl.Nc1n[nH]c2c1C=CCC2. The van der Waals surface area contributed by atoms with Gasteiger partial charge in [-0.25, -0.2) is 0 Å². The molecule has 1 aromatic heterocycles. The van der Waals surface area contributed by atoms with Crippen molar-refractivity contribution < 1.29 is 0 Å². The third-order valence-corrected chi connectivity index (χ3v) is 1.76. The van der Waals surface area contributed by atoms with Crippen LogP contribution in [0.4, 0.5) is 5.82 Å². The molecule has 0 fully saturated rings. The van der Waals surface area contributed by atoms with Crippen molar-refractivity contribution in [1.82, 2.24) is 10.2 Å². The van der Waals surface area contributed by atoms with E-state index < -0.39 is 0 Å². The summed E-state index contributed by atoms with van der Waals surface area (Å²) in [6, 6.07) is 0. The second-order valence-electron chi connectivity index (χ2n) is 2.44. The number of H-pyrrole nitrogens is 1. The zero-order chi connectivity index (χ0) is 6.97. The second-order valence-corrected chi connectivity index (χ2v) is 2.44. The number of fused-ring (bicyclic) bond motifs is 1. The molecule has 0 bridgehead atoms. The molecule has 1 aromatic rings. The van der Waals surface area contributed by atoms with Crippen LogP contribution in [-0.2, 0) is 6.42 Å². The molecule has 60 valence electrons. The molecule has 0 aliphatic heterocycles. The summed E-state index contributed by atoms with van der Waals surface area (Å²) in [5, 5.41) is 6.80. The highest BCUT2D eigenvalue weighted by atomic mass is 35.5.